The zero-order chi connectivity index (χ0) is 15.9. The monoisotopic (exact) mass is 334 g/mol. The molecular weight excluding hydrogens is 315 g/mol. The van der Waals surface area contributed by atoms with Gasteiger partial charge in [0, 0.05) is 0 Å². The van der Waals surface area contributed by atoms with E-state index in [4.69, 9.17) is 15.2 Å². The van der Waals surface area contributed by atoms with E-state index in [1.807, 2.05) is 12.3 Å². The Morgan fingerprint density at radius 3 is 2.57 bits per heavy atom. The van der Waals surface area contributed by atoms with Crippen LogP contribution in [0.1, 0.15) is 6.42 Å². The summed E-state index contributed by atoms with van der Waals surface area (Å²) in [7, 11) is -2.98. The van der Waals surface area contributed by atoms with Crippen molar-refractivity contribution in [3.05, 3.63) is 30.3 Å². The van der Waals surface area contributed by atoms with Gasteiger partial charge >= 0.3 is 13.7 Å². The van der Waals surface area contributed by atoms with E-state index < -0.39 is 19.8 Å². The van der Waals surface area contributed by atoms with E-state index in [1.165, 1.54) is 23.9 Å². The lowest BCUT2D eigenvalue weighted by atomic mass is 10.2. The summed E-state index contributed by atoms with van der Waals surface area (Å²) in [4.78, 5) is 26.3. The van der Waals surface area contributed by atoms with E-state index in [9.17, 15) is 9.36 Å². The van der Waals surface area contributed by atoms with Crippen molar-refractivity contribution in [2.75, 3.05) is 24.2 Å². The summed E-state index contributed by atoms with van der Waals surface area (Å²) in [5.41, 5.74) is 5.52. The van der Waals surface area contributed by atoms with Crippen LogP contribution >= 0.6 is 19.5 Å². The predicted molar refractivity (Wildman–Crippen MR) is 82.8 cm³/mol. The van der Waals surface area contributed by atoms with Gasteiger partial charge in [-0.3, -0.25) is 4.84 Å². The van der Waals surface area contributed by atoms with Crippen LogP contribution in [0.3, 0.4) is 0 Å². The van der Waals surface area contributed by atoms with Crippen molar-refractivity contribution in [1.29, 1.82) is 0 Å². The lowest BCUT2D eigenvalue weighted by Crippen LogP contribution is -2.42. The molecule has 7 nitrogen and oxygen atoms in total. The molecule has 3 N–H and O–H groups in total. The molecule has 0 aromatic heterocycles. The molecule has 1 rings (SSSR count). The van der Waals surface area contributed by atoms with Crippen LogP contribution in [0, 0.1) is 0 Å². The van der Waals surface area contributed by atoms with Crippen molar-refractivity contribution in [2.45, 2.75) is 12.5 Å². The van der Waals surface area contributed by atoms with Gasteiger partial charge in [0.25, 0.3) is 0 Å². The number of thioether (sulfide) groups is 1. The van der Waals surface area contributed by atoms with E-state index in [2.05, 4.69) is 4.52 Å². The Balaban J connectivity index is 2.98. The number of para-hydroxylation sites is 1. The van der Waals surface area contributed by atoms with Crippen molar-refractivity contribution >= 4 is 31.2 Å². The van der Waals surface area contributed by atoms with Gasteiger partial charge in [-0.05, 0) is 30.6 Å². The number of hydrogen-bond donors (Lipinski definition) is 2. The molecule has 0 spiro atoms. The summed E-state index contributed by atoms with van der Waals surface area (Å²) < 4.78 is 15.5. The van der Waals surface area contributed by atoms with Gasteiger partial charge in [-0.25, -0.2) is 19.9 Å². The van der Waals surface area contributed by atoms with Crippen molar-refractivity contribution in [1.82, 2.24) is 0 Å². The maximum atomic E-state index is 12.1. The standard InChI is InChI=1S/C12H19N2O5PS/c1-18-14(10-6-4-3-5-7-10)11(8-9-21-2)12(15)19-20(13,16)17/h3-7,11H,8-9H2,1-2H3,(H3,13,16,17)/t11-/m0/s1. The number of hydroxylamine groups is 1. The number of benzene rings is 1. The van der Waals surface area contributed by atoms with Gasteiger partial charge in [-0.15, -0.1) is 0 Å². The molecule has 1 unspecified atom stereocenters. The first-order valence-corrected chi connectivity index (χ1v) is 9.15. The summed E-state index contributed by atoms with van der Waals surface area (Å²) in [6, 6.07) is 8.05. The molecule has 0 radical (unpaired) electrons. The highest BCUT2D eigenvalue weighted by Crippen LogP contribution is 2.33. The number of anilines is 1. The number of hydrogen-bond acceptors (Lipinski definition) is 6. The molecule has 1 aromatic rings. The van der Waals surface area contributed by atoms with Crippen molar-refractivity contribution < 1.29 is 23.6 Å². The van der Waals surface area contributed by atoms with Gasteiger partial charge in [0.1, 0.15) is 0 Å². The SMILES string of the molecule is CON(c1ccccc1)[C@@H](CCSC)C(=O)OP(N)(=O)O. The average molecular weight is 334 g/mol. The minimum absolute atomic E-state index is 0.378. The fraction of sp³-hybridized carbons (Fsp3) is 0.417. The maximum absolute atomic E-state index is 12.1. The zero-order valence-corrected chi connectivity index (χ0v) is 13.5. The van der Waals surface area contributed by atoms with E-state index in [0.717, 1.165) is 0 Å². The first-order valence-electron chi connectivity index (χ1n) is 6.11. The van der Waals surface area contributed by atoms with Crippen LogP contribution < -0.4 is 10.6 Å². The number of nitrogens with zero attached hydrogens (tertiary/aromatic N) is 1. The first-order chi connectivity index (χ1) is 9.89. The Morgan fingerprint density at radius 1 is 1.48 bits per heavy atom. The molecule has 9 heteroatoms. The molecule has 0 bridgehead atoms. The van der Waals surface area contributed by atoms with E-state index >= 15 is 0 Å². The van der Waals surface area contributed by atoms with Gasteiger partial charge in [0.05, 0.1) is 12.8 Å². The molecule has 0 amide bonds. The largest absolute Gasteiger partial charge is 0.455 e. The molecule has 21 heavy (non-hydrogen) atoms. The molecule has 2 atom stereocenters. The van der Waals surface area contributed by atoms with Gasteiger partial charge in [-0.1, -0.05) is 18.2 Å². The van der Waals surface area contributed by atoms with E-state index in [0.29, 0.717) is 17.9 Å². The van der Waals surface area contributed by atoms with E-state index in [-0.39, 0.29) is 0 Å². The Labute approximate surface area is 127 Å². The topological polar surface area (TPSA) is 102 Å². The Kier molecular flexibility index (Phi) is 7.21. The van der Waals surface area contributed by atoms with Crippen LogP contribution in [0.2, 0.25) is 0 Å². The van der Waals surface area contributed by atoms with Gasteiger partial charge < -0.3 is 9.42 Å². The molecule has 0 fully saturated rings. The smallest absolute Gasteiger partial charge is 0.379 e. The number of rotatable bonds is 8. The highest BCUT2D eigenvalue weighted by atomic mass is 32.2. The minimum Gasteiger partial charge on any atom is -0.379 e. The molecule has 0 saturated heterocycles. The Morgan fingerprint density at radius 2 is 2.10 bits per heavy atom. The quantitative estimate of drug-likeness (QED) is 0.548. The zero-order valence-electron chi connectivity index (χ0n) is 11.8. The molecule has 0 aliphatic carbocycles. The summed E-state index contributed by atoms with van der Waals surface area (Å²) in [6.07, 6.45) is 2.27. The third-order valence-corrected chi connectivity index (χ3v) is 3.66. The lowest BCUT2D eigenvalue weighted by molar-refractivity contribution is -0.138. The lowest BCUT2D eigenvalue weighted by Gasteiger charge is -2.29. The van der Waals surface area contributed by atoms with Crippen molar-refractivity contribution in [2.24, 2.45) is 5.50 Å². The summed E-state index contributed by atoms with van der Waals surface area (Å²) >= 11 is 1.54. The molecule has 0 aliphatic rings. The van der Waals surface area contributed by atoms with Crippen molar-refractivity contribution in [3.8, 4) is 0 Å². The van der Waals surface area contributed by atoms with Crippen LogP contribution in [0.4, 0.5) is 5.69 Å². The summed E-state index contributed by atoms with van der Waals surface area (Å²) in [6.45, 7) is 0. The summed E-state index contributed by atoms with van der Waals surface area (Å²) in [5.74, 6) is -0.254. The van der Waals surface area contributed by atoms with Gasteiger partial charge in [0.2, 0.25) is 0 Å². The second kappa shape index (κ2) is 8.41. The van der Waals surface area contributed by atoms with Crippen LogP contribution in [0.5, 0.6) is 0 Å². The van der Waals surface area contributed by atoms with Crippen LogP contribution in [0.25, 0.3) is 0 Å². The van der Waals surface area contributed by atoms with Crippen LogP contribution in [-0.4, -0.2) is 36.0 Å². The number of carbonyl (C=O) groups excluding carboxylic acids is 1. The second-order valence-corrected chi connectivity index (χ2v) is 6.41. The van der Waals surface area contributed by atoms with Crippen molar-refractivity contribution in [3.63, 3.8) is 0 Å². The van der Waals surface area contributed by atoms with Gasteiger partial charge in [0.15, 0.2) is 6.04 Å². The van der Waals surface area contributed by atoms with Crippen LogP contribution in [0.15, 0.2) is 30.3 Å². The predicted octanol–water partition coefficient (Wildman–Crippen LogP) is 1.78. The Hall–Kier alpha value is -1.05. The minimum atomic E-state index is -4.39. The third-order valence-electron chi connectivity index (χ3n) is 2.58. The second-order valence-electron chi connectivity index (χ2n) is 4.12. The molecule has 0 heterocycles. The molecule has 118 valence electrons. The fourth-order valence-electron chi connectivity index (χ4n) is 1.74. The number of nitrogens with two attached hydrogens (primary N) is 1. The van der Waals surface area contributed by atoms with E-state index in [1.54, 1.807) is 24.3 Å². The fourth-order valence-corrected chi connectivity index (χ4v) is 2.58. The van der Waals surface area contributed by atoms with Crippen LogP contribution in [-0.2, 0) is 18.7 Å². The Bertz CT molecular complexity index is 496. The first kappa shape index (κ1) is 18.0. The highest BCUT2D eigenvalue weighted by molar-refractivity contribution is 7.98. The third kappa shape index (κ3) is 6.07. The molecule has 0 saturated carbocycles. The average Bonchev–Trinajstić information content (AvgIpc) is 2.42. The molecule has 0 aliphatic heterocycles. The molecular formula is C12H19N2O5PS. The normalized spacial score (nSPS) is 15.0. The molecule has 1 aromatic carbocycles. The highest BCUT2D eigenvalue weighted by Gasteiger charge is 2.32. The van der Waals surface area contributed by atoms with Gasteiger partial charge in [-0.2, -0.15) is 11.8 Å². The maximum Gasteiger partial charge on any atom is 0.455 e. The number of carbonyl (C=O) groups is 1. The summed E-state index contributed by atoms with van der Waals surface area (Å²) in [5, 5.41) is 1.34.